The second-order valence-corrected chi connectivity index (χ2v) is 6.24. The molecule has 0 radical (unpaired) electrons. The van der Waals surface area contributed by atoms with Gasteiger partial charge in [0, 0.05) is 12.6 Å². The molecule has 0 saturated heterocycles. The Hall–Kier alpha value is -0.910. The number of hydrogen-bond donors (Lipinski definition) is 2. The summed E-state index contributed by atoms with van der Waals surface area (Å²) >= 11 is 0. The molecule has 5 heteroatoms. The molecule has 0 aromatic heterocycles. The summed E-state index contributed by atoms with van der Waals surface area (Å²) in [7, 11) is -3.45. The van der Waals surface area contributed by atoms with E-state index in [1.54, 1.807) is 19.1 Å². The molecule has 1 atom stereocenters. The molecule has 3 N–H and O–H groups in total. The lowest BCUT2D eigenvalue weighted by Gasteiger charge is -2.16. The zero-order chi connectivity index (χ0) is 13.8. The molecule has 1 unspecified atom stereocenters. The molecule has 4 nitrogen and oxygen atoms in total. The van der Waals surface area contributed by atoms with Crippen LogP contribution in [0, 0.1) is 6.92 Å². The van der Waals surface area contributed by atoms with E-state index in [0.29, 0.717) is 11.4 Å². The van der Waals surface area contributed by atoms with Crippen LogP contribution in [0.4, 0.5) is 0 Å². The SMILES string of the molecule is CCCC(C)NS(=O)(=O)c1cccc(CN)c1C. The highest BCUT2D eigenvalue weighted by molar-refractivity contribution is 7.89. The first kappa shape index (κ1) is 15.1. The predicted molar refractivity (Wildman–Crippen MR) is 73.8 cm³/mol. The van der Waals surface area contributed by atoms with Gasteiger partial charge in [-0.15, -0.1) is 0 Å². The van der Waals surface area contributed by atoms with E-state index in [9.17, 15) is 8.42 Å². The van der Waals surface area contributed by atoms with Gasteiger partial charge in [-0.3, -0.25) is 0 Å². The molecule has 0 spiro atoms. The molecule has 18 heavy (non-hydrogen) atoms. The quantitative estimate of drug-likeness (QED) is 0.829. The van der Waals surface area contributed by atoms with E-state index in [1.165, 1.54) is 0 Å². The summed E-state index contributed by atoms with van der Waals surface area (Å²) in [6.45, 7) is 6.05. The number of hydrogen-bond acceptors (Lipinski definition) is 3. The zero-order valence-electron chi connectivity index (χ0n) is 11.2. The molecular formula is C13H22N2O2S. The van der Waals surface area contributed by atoms with Crippen LogP contribution < -0.4 is 10.5 Å². The Morgan fingerprint density at radius 3 is 2.61 bits per heavy atom. The van der Waals surface area contributed by atoms with Crippen LogP contribution in [0.3, 0.4) is 0 Å². The number of benzene rings is 1. The highest BCUT2D eigenvalue weighted by Gasteiger charge is 2.19. The molecule has 0 amide bonds. The summed E-state index contributed by atoms with van der Waals surface area (Å²) in [6.07, 6.45) is 1.78. The van der Waals surface area contributed by atoms with Gasteiger partial charge in [0.2, 0.25) is 10.0 Å². The lowest BCUT2D eigenvalue weighted by molar-refractivity contribution is 0.543. The molecule has 0 bridgehead atoms. The normalized spacial score (nSPS) is 13.6. The standard InChI is InChI=1S/C13H22N2O2S/c1-4-6-10(2)15-18(16,17)13-8-5-7-12(9-14)11(13)3/h5,7-8,10,15H,4,6,9,14H2,1-3H3. The summed E-state index contributed by atoms with van der Waals surface area (Å²) in [5.74, 6) is 0. The van der Waals surface area contributed by atoms with E-state index in [-0.39, 0.29) is 6.04 Å². The first-order chi connectivity index (χ1) is 8.42. The monoisotopic (exact) mass is 270 g/mol. The van der Waals surface area contributed by atoms with Crippen molar-refractivity contribution in [1.82, 2.24) is 4.72 Å². The average molecular weight is 270 g/mol. The van der Waals surface area contributed by atoms with Gasteiger partial charge in [-0.25, -0.2) is 13.1 Å². The van der Waals surface area contributed by atoms with Crippen LogP contribution in [0.2, 0.25) is 0 Å². The molecule has 102 valence electrons. The largest absolute Gasteiger partial charge is 0.326 e. The van der Waals surface area contributed by atoms with Crippen molar-refractivity contribution < 1.29 is 8.42 Å². The second kappa shape index (κ2) is 6.31. The highest BCUT2D eigenvalue weighted by atomic mass is 32.2. The third kappa shape index (κ3) is 3.54. The van der Waals surface area contributed by atoms with Crippen LogP contribution in [0.25, 0.3) is 0 Å². The van der Waals surface area contributed by atoms with E-state index >= 15 is 0 Å². The Kier molecular flexibility index (Phi) is 5.31. The number of sulfonamides is 1. The van der Waals surface area contributed by atoms with Crippen LogP contribution in [-0.2, 0) is 16.6 Å². The van der Waals surface area contributed by atoms with Crippen molar-refractivity contribution in [3.63, 3.8) is 0 Å². The van der Waals surface area contributed by atoms with Gasteiger partial charge in [-0.05, 0) is 37.5 Å². The van der Waals surface area contributed by atoms with Crippen LogP contribution in [-0.4, -0.2) is 14.5 Å². The van der Waals surface area contributed by atoms with Crippen molar-refractivity contribution in [2.45, 2.75) is 51.1 Å². The maximum absolute atomic E-state index is 12.3. The van der Waals surface area contributed by atoms with Gasteiger partial charge < -0.3 is 5.73 Å². The molecule has 0 aliphatic heterocycles. The van der Waals surface area contributed by atoms with E-state index in [2.05, 4.69) is 4.72 Å². The Bertz CT molecular complexity index is 498. The molecular weight excluding hydrogens is 248 g/mol. The van der Waals surface area contributed by atoms with Crippen LogP contribution in [0.1, 0.15) is 37.8 Å². The smallest absolute Gasteiger partial charge is 0.241 e. The molecule has 0 aliphatic rings. The van der Waals surface area contributed by atoms with Gasteiger partial charge in [0.25, 0.3) is 0 Å². The Morgan fingerprint density at radius 1 is 1.39 bits per heavy atom. The third-order valence-corrected chi connectivity index (χ3v) is 4.72. The van der Waals surface area contributed by atoms with Crippen LogP contribution in [0.5, 0.6) is 0 Å². The first-order valence-electron chi connectivity index (χ1n) is 6.23. The van der Waals surface area contributed by atoms with Crippen molar-refractivity contribution in [2.75, 3.05) is 0 Å². The first-order valence-corrected chi connectivity index (χ1v) is 7.71. The van der Waals surface area contributed by atoms with Crippen molar-refractivity contribution >= 4 is 10.0 Å². The lowest BCUT2D eigenvalue weighted by atomic mass is 10.1. The predicted octanol–water partition coefficient (Wildman–Crippen LogP) is 1.92. The third-order valence-electron chi connectivity index (χ3n) is 2.98. The summed E-state index contributed by atoms with van der Waals surface area (Å²) in [6, 6.07) is 5.15. The van der Waals surface area contributed by atoms with Gasteiger partial charge in [0.1, 0.15) is 0 Å². The maximum atomic E-state index is 12.3. The van der Waals surface area contributed by atoms with Gasteiger partial charge >= 0.3 is 0 Å². The molecule has 1 aromatic carbocycles. The Morgan fingerprint density at radius 2 is 2.06 bits per heavy atom. The fourth-order valence-electron chi connectivity index (χ4n) is 1.99. The maximum Gasteiger partial charge on any atom is 0.241 e. The van der Waals surface area contributed by atoms with Gasteiger partial charge in [0.05, 0.1) is 4.90 Å². The van der Waals surface area contributed by atoms with Crippen molar-refractivity contribution in [1.29, 1.82) is 0 Å². The van der Waals surface area contributed by atoms with E-state index in [1.807, 2.05) is 19.9 Å². The number of nitrogens with two attached hydrogens (primary N) is 1. The molecule has 0 saturated carbocycles. The molecule has 1 aromatic rings. The Balaban J connectivity index is 3.05. The van der Waals surface area contributed by atoms with Gasteiger partial charge in [-0.1, -0.05) is 25.5 Å². The minimum atomic E-state index is -3.45. The highest BCUT2D eigenvalue weighted by Crippen LogP contribution is 2.19. The molecule has 1 rings (SSSR count). The number of nitrogens with one attached hydrogen (secondary N) is 1. The minimum absolute atomic E-state index is 0.0547. The zero-order valence-corrected chi connectivity index (χ0v) is 12.0. The fourth-order valence-corrected chi connectivity index (χ4v) is 3.56. The fraction of sp³-hybridized carbons (Fsp3) is 0.538. The van der Waals surface area contributed by atoms with Crippen molar-refractivity contribution in [3.05, 3.63) is 29.3 Å². The van der Waals surface area contributed by atoms with E-state index < -0.39 is 10.0 Å². The summed E-state index contributed by atoms with van der Waals surface area (Å²) < 4.78 is 27.2. The van der Waals surface area contributed by atoms with Gasteiger partial charge in [0.15, 0.2) is 0 Å². The molecule has 0 fully saturated rings. The Labute approximate surface area is 110 Å². The van der Waals surface area contributed by atoms with Crippen molar-refractivity contribution in [3.8, 4) is 0 Å². The summed E-state index contributed by atoms with van der Waals surface area (Å²) in [5.41, 5.74) is 7.19. The molecule has 0 aliphatic carbocycles. The molecule has 0 heterocycles. The average Bonchev–Trinajstić information content (AvgIpc) is 2.28. The lowest BCUT2D eigenvalue weighted by Crippen LogP contribution is -2.33. The van der Waals surface area contributed by atoms with Gasteiger partial charge in [-0.2, -0.15) is 0 Å². The summed E-state index contributed by atoms with van der Waals surface area (Å²) in [4.78, 5) is 0.327. The number of rotatable bonds is 6. The van der Waals surface area contributed by atoms with Crippen molar-refractivity contribution in [2.24, 2.45) is 5.73 Å². The van der Waals surface area contributed by atoms with Crippen LogP contribution >= 0.6 is 0 Å². The topological polar surface area (TPSA) is 72.2 Å². The van der Waals surface area contributed by atoms with Crippen LogP contribution in [0.15, 0.2) is 23.1 Å². The van der Waals surface area contributed by atoms with E-state index in [4.69, 9.17) is 5.73 Å². The summed E-state index contributed by atoms with van der Waals surface area (Å²) in [5, 5.41) is 0. The van der Waals surface area contributed by atoms with E-state index in [0.717, 1.165) is 24.0 Å². The minimum Gasteiger partial charge on any atom is -0.326 e. The second-order valence-electron chi connectivity index (χ2n) is 4.56.